The van der Waals surface area contributed by atoms with Gasteiger partial charge in [-0.15, -0.1) is 6.58 Å². The van der Waals surface area contributed by atoms with Gasteiger partial charge in [0.1, 0.15) is 0 Å². The van der Waals surface area contributed by atoms with E-state index in [0.717, 1.165) is 38.8 Å². The molecule has 0 atom stereocenters. The molecule has 0 aliphatic carbocycles. The number of hydrogen-bond donors (Lipinski definition) is 2. The zero-order chi connectivity index (χ0) is 13.3. The van der Waals surface area contributed by atoms with Crippen LogP contribution < -0.4 is 10.6 Å². The van der Waals surface area contributed by atoms with Crippen molar-refractivity contribution >= 4 is 5.91 Å². The van der Waals surface area contributed by atoms with Crippen molar-refractivity contribution in [3.8, 4) is 0 Å². The molecule has 0 aromatic carbocycles. The first-order chi connectivity index (χ1) is 8.75. The highest BCUT2D eigenvalue weighted by atomic mass is 16.5. The number of hydrogen-bond acceptors (Lipinski definition) is 3. The maximum absolute atomic E-state index is 12.2. The number of piperidine rings is 1. The second-order valence-electron chi connectivity index (χ2n) is 4.83. The molecule has 4 nitrogen and oxygen atoms in total. The van der Waals surface area contributed by atoms with E-state index in [2.05, 4.69) is 24.1 Å². The summed E-state index contributed by atoms with van der Waals surface area (Å²) in [7, 11) is 0. The smallest absolute Gasteiger partial charge is 0.226 e. The minimum absolute atomic E-state index is 0.160. The van der Waals surface area contributed by atoms with Crippen molar-refractivity contribution < 1.29 is 9.53 Å². The van der Waals surface area contributed by atoms with Crippen LogP contribution in [0.2, 0.25) is 0 Å². The summed E-state index contributed by atoms with van der Waals surface area (Å²) in [6.45, 7) is 9.48. The molecule has 0 radical (unpaired) electrons. The Bertz CT molecular complexity index is 261. The molecule has 0 saturated carbocycles. The van der Waals surface area contributed by atoms with E-state index in [1.54, 1.807) is 0 Å². The molecule has 1 saturated heterocycles. The topological polar surface area (TPSA) is 50.4 Å². The molecule has 1 aliphatic rings. The third kappa shape index (κ3) is 4.42. The highest BCUT2D eigenvalue weighted by Crippen LogP contribution is 2.32. The van der Waals surface area contributed by atoms with E-state index in [4.69, 9.17) is 4.74 Å². The summed E-state index contributed by atoms with van der Waals surface area (Å²) in [6.07, 6.45) is 5.48. The number of amides is 1. The van der Waals surface area contributed by atoms with Gasteiger partial charge in [0, 0.05) is 6.54 Å². The summed E-state index contributed by atoms with van der Waals surface area (Å²) in [4.78, 5) is 12.2. The molecule has 0 aromatic heterocycles. The van der Waals surface area contributed by atoms with Gasteiger partial charge in [-0.3, -0.25) is 4.79 Å². The van der Waals surface area contributed by atoms with Crippen molar-refractivity contribution in [2.24, 2.45) is 5.41 Å². The van der Waals surface area contributed by atoms with E-state index in [1.807, 2.05) is 6.08 Å². The van der Waals surface area contributed by atoms with E-state index in [-0.39, 0.29) is 11.3 Å². The first-order valence-corrected chi connectivity index (χ1v) is 6.93. The van der Waals surface area contributed by atoms with Crippen LogP contribution in [0.1, 0.15) is 32.6 Å². The fraction of sp³-hybridized carbons (Fsp3) is 0.786. The van der Waals surface area contributed by atoms with Crippen LogP contribution in [0.3, 0.4) is 0 Å². The molecule has 1 rings (SSSR count). The van der Waals surface area contributed by atoms with Crippen molar-refractivity contribution in [3.05, 3.63) is 12.7 Å². The van der Waals surface area contributed by atoms with Gasteiger partial charge in [0.25, 0.3) is 0 Å². The van der Waals surface area contributed by atoms with Crippen LogP contribution in [0.15, 0.2) is 12.7 Å². The lowest BCUT2D eigenvalue weighted by molar-refractivity contribution is -0.133. The van der Waals surface area contributed by atoms with Crippen molar-refractivity contribution in [2.45, 2.75) is 32.6 Å². The fourth-order valence-corrected chi connectivity index (χ4v) is 2.34. The zero-order valence-corrected chi connectivity index (χ0v) is 11.5. The molecular weight excluding hydrogens is 228 g/mol. The lowest BCUT2D eigenvalue weighted by Crippen LogP contribution is -2.47. The summed E-state index contributed by atoms with van der Waals surface area (Å²) in [5.41, 5.74) is -0.160. The van der Waals surface area contributed by atoms with Gasteiger partial charge in [0.05, 0.1) is 18.6 Å². The van der Waals surface area contributed by atoms with Crippen LogP contribution in [-0.2, 0) is 9.53 Å². The zero-order valence-electron chi connectivity index (χ0n) is 11.5. The summed E-state index contributed by atoms with van der Waals surface area (Å²) in [6, 6.07) is 0. The molecule has 104 valence electrons. The quantitative estimate of drug-likeness (QED) is 0.509. The van der Waals surface area contributed by atoms with Crippen molar-refractivity contribution in [1.29, 1.82) is 0 Å². The van der Waals surface area contributed by atoms with Gasteiger partial charge in [-0.05, 0) is 38.8 Å². The van der Waals surface area contributed by atoms with Gasteiger partial charge in [0.15, 0.2) is 0 Å². The predicted molar refractivity (Wildman–Crippen MR) is 73.5 cm³/mol. The first kappa shape index (κ1) is 15.2. The molecule has 1 aliphatic heterocycles. The second-order valence-corrected chi connectivity index (χ2v) is 4.83. The third-order valence-electron chi connectivity index (χ3n) is 3.72. The Morgan fingerprint density at radius 2 is 2.17 bits per heavy atom. The maximum atomic E-state index is 12.2. The number of carbonyl (C=O) groups is 1. The highest BCUT2D eigenvalue weighted by molar-refractivity contribution is 5.82. The monoisotopic (exact) mass is 254 g/mol. The molecule has 0 bridgehead atoms. The van der Waals surface area contributed by atoms with Crippen LogP contribution >= 0.6 is 0 Å². The standard InChI is InChI=1S/C14H26N2O2/c1-3-5-11-18-12-10-16-13(17)14(4-2)6-8-15-9-7-14/h3,15H,1,4-12H2,2H3,(H,16,17). The summed E-state index contributed by atoms with van der Waals surface area (Å²) in [5, 5.41) is 6.31. The molecule has 18 heavy (non-hydrogen) atoms. The molecule has 1 heterocycles. The number of carbonyl (C=O) groups excluding carboxylic acids is 1. The largest absolute Gasteiger partial charge is 0.379 e. The average molecular weight is 254 g/mol. The molecule has 4 heteroatoms. The lowest BCUT2D eigenvalue weighted by atomic mass is 9.76. The van der Waals surface area contributed by atoms with Crippen LogP contribution in [-0.4, -0.2) is 38.8 Å². The van der Waals surface area contributed by atoms with Gasteiger partial charge >= 0.3 is 0 Å². The third-order valence-corrected chi connectivity index (χ3v) is 3.72. The van der Waals surface area contributed by atoms with Gasteiger partial charge in [-0.25, -0.2) is 0 Å². The molecule has 1 amide bonds. The minimum atomic E-state index is -0.160. The second kappa shape index (κ2) is 8.27. The van der Waals surface area contributed by atoms with Crippen molar-refractivity contribution in [2.75, 3.05) is 32.8 Å². The molecule has 1 fully saturated rings. The SMILES string of the molecule is C=CCCOCCNC(=O)C1(CC)CCNCC1. The summed E-state index contributed by atoms with van der Waals surface area (Å²) in [5.74, 6) is 0.193. The molecule has 0 unspecified atom stereocenters. The van der Waals surface area contributed by atoms with E-state index < -0.39 is 0 Å². The Balaban J connectivity index is 2.23. The number of rotatable bonds is 8. The molecule has 2 N–H and O–H groups in total. The maximum Gasteiger partial charge on any atom is 0.226 e. The van der Waals surface area contributed by atoms with Crippen molar-refractivity contribution in [3.63, 3.8) is 0 Å². The highest BCUT2D eigenvalue weighted by Gasteiger charge is 2.37. The van der Waals surface area contributed by atoms with Crippen LogP contribution in [0.5, 0.6) is 0 Å². The normalized spacial score (nSPS) is 18.3. The Morgan fingerprint density at radius 1 is 1.44 bits per heavy atom. The minimum Gasteiger partial charge on any atom is -0.379 e. The number of nitrogens with one attached hydrogen (secondary N) is 2. The van der Waals surface area contributed by atoms with Crippen LogP contribution in [0.4, 0.5) is 0 Å². The molecule has 0 spiro atoms. The van der Waals surface area contributed by atoms with E-state index in [9.17, 15) is 4.79 Å². The van der Waals surface area contributed by atoms with Gasteiger partial charge in [0.2, 0.25) is 5.91 Å². The Hall–Kier alpha value is -0.870. The average Bonchev–Trinajstić information content (AvgIpc) is 2.43. The molecular formula is C14H26N2O2. The van der Waals surface area contributed by atoms with Crippen LogP contribution in [0.25, 0.3) is 0 Å². The van der Waals surface area contributed by atoms with Crippen molar-refractivity contribution in [1.82, 2.24) is 10.6 Å². The lowest BCUT2D eigenvalue weighted by Gasteiger charge is -2.35. The Kier molecular flexibility index (Phi) is 6.98. The summed E-state index contributed by atoms with van der Waals surface area (Å²) >= 11 is 0. The fourth-order valence-electron chi connectivity index (χ4n) is 2.34. The Labute approximate surface area is 110 Å². The van der Waals surface area contributed by atoms with E-state index >= 15 is 0 Å². The van der Waals surface area contributed by atoms with Crippen LogP contribution in [0, 0.1) is 5.41 Å². The van der Waals surface area contributed by atoms with Gasteiger partial charge < -0.3 is 15.4 Å². The molecule has 0 aromatic rings. The van der Waals surface area contributed by atoms with Gasteiger partial charge in [-0.2, -0.15) is 0 Å². The summed E-state index contributed by atoms with van der Waals surface area (Å²) < 4.78 is 5.38. The predicted octanol–water partition coefficient (Wildman–Crippen LogP) is 1.48. The first-order valence-electron chi connectivity index (χ1n) is 6.93. The number of ether oxygens (including phenoxy) is 1. The van der Waals surface area contributed by atoms with E-state index in [0.29, 0.717) is 19.8 Å². The van der Waals surface area contributed by atoms with E-state index in [1.165, 1.54) is 0 Å². The Morgan fingerprint density at radius 3 is 2.78 bits per heavy atom. The van der Waals surface area contributed by atoms with Gasteiger partial charge in [-0.1, -0.05) is 13.0 Å².